The fraction of sp³-hybridized carbons (Fsp3) is 0. The number of carbonyl (C=O) groups excluding carboxylic acids is 1. The predicted molar refractivity (Wildman–Crippen MR) is 56.5 cm³/mol. The van der Waals surface area contributed by atoms with Crippen molar-refractivity contribution >= 4 is 22.9 Å². The van der Waals surface area contributed by atoms with Gasteiger partial charge in [0, 0.05) is 23.2 Å². The first kappa shape index (κ1) is 9.45. The first-order valence-corrected chi connectivity index (χ1v) is 4.41. The van der Waals surface area contributed by atoms with Crippen LogP contribution >= 0.6 is 0 Å². The third-order valence-electron chi connectivity index (χ3n) is 2.08. The van der Waals surface area contributed by atoms with Crippen LogP contribution in [0, 0.1) is 5.82 Å². The molecule has 0 aliphatic heterocycles. The Morgan fingerprint density at radius 1 is 1.47 bits per heavy atom. The van der Waals surface area contributed by atoms with Crippen LogP contribution in [-0.4, -0.2) is 10.9 Å². The lowest BCUT2D eigenvalue weighted by atomic mass is 10.1. The van der Waals surface area contributed by atoms with Crippen molar-refractivity contribution in [3.8, 4) is 0 Å². The number of aromatic amines is 1. The Hall–Kier alpha value is -2.10. The molecule has 0 fully saturated rings. The van der Waals surface area contributed by atoms with E-state index in [0.29, 0.717) is 5.56 Å². The fourth-order valence-corrected chi connectivity index (χ4v) is 1.47. The first-order valence-electron chi connectivity index (χ1n) is 4.41. The number of fused-ring (bicyclic) bond motifs is 1. The van der Waals surface area contributed by atoms with E-state index in [9.17, 15) is 9.18 Å². The van der Waals surface area contributed by atoms with Gasteiger partial charge in [-0.25, -0.2) is 4.39 Å². The standard InChI is InChI=1S/C11H9FN2O/c12-9-5-7(1-2-10(13)15)11-8(6-9)3-4-14-11/h1-6,14H,(H2,13,15)/b2-1+. The molecule has 0 unspecified atom stereocenters. The highest BCUT2D eigenvalue weighted by Gasteiger charge is 2.02. The van der Waals surface area contributed by atoms with Gasteiger partial charge in [-0.1, -0.05) is 0 Å². The SMILES string of the molecule is NC(=O)/C=C/c1cc(F)cc2cc[nH]c12. The normalized spacial score (nSPS) is 11.3. The van der Waals surface area contributed by atoms with E-state index in [1.54, 1.807) is 12.3 Å². The summed E-state index contributed by atoms with van der Waals surface area (Å²) in [4.78, 5) is 13.5. The molecule has 0 atom stereocenters. The number of amides is 1. The van der Waals surface area contributed by atoms with Crippen molar-refractivity contribution in [2.24, 2.45) is 5.73 Å². The number of primary amides is 1. The molecule has 15 heavy (non-hydrogen) atoms. The van der Waals surface area contributed by atoms with Crippen LogP contribution < -0.4 is 5.73 Å². The first-order chi connectivity index (χ1) is 7.16. The Bertz CT molecular complexity index is 543. The Labute approximate surface area is 85.4 Å². The van der Waals surface area contributed by atoms with Crippen molar-refractivity contribution < 1.29 is 9.18 Å². The monoisotopic (exact) mass is 204 g/mol. The minimum atomic E-state index is -0.557. The molecular weight excluding hydrogens is 195 g/mol. The van der Waals surface area contributed by atoms with Gasteiger partial charge >= 0.3 is 0 Å². The average Bonchev–Trinajstić information content (AvgIpc) is 2.61. The van der Waals surface area contributed by atoms with Gasteiger partial charge in [-0.2, -0.15) is 0 Å². The molecule has 0 aliphatic rings. The van der Waals surface area contributed by atoms with Crippen molar-refractivity contribution in [2.75, 3.05) is 0 Å². The van der Waals surface area contributed by atoms with E-state index in [0.717, 1.165) is 10.9 Å². The Morgan fingerprint density at radius 3 is 3.00 bits per heavy atom. The van der Waals surface area contributed by atoms with Crippen LogP contribution in [0.25, 0.3) is 17.0 Å². The Kier molecular flexibility index (Phi) is 2.25. The predicted octanol–water partition coefficient (Wildman–Crippen LogP) is 1.81. The molecule has 0 saturated heterocycles. The molecule has 0 saturated carbocycles. The number of nitrogens with two attached hydrogens (primary N) is 1. The van der Waals surface area contributed by atoms with Crippen LogP contribution in [0.3, 0.4) is 0 Å². The number of halogens is 1. The molecular formula is C11H9FN2O. The second kappa shape index (κ2) is 3.57. The van der Waals surface area contributed by atoms with Gasteiger partial charge in [0.15, 0.2) is 0 Å². The third-order valence-corrected chi connectivity index (χ3v) is 2.08. The second-order valence-corrected chi connectivity index (χ2v) is 3.17. The van der Waals surface area contributed by atoms with Gasteiger partial charge in [-0.3, -0.25) is 4.79 Å². The van der Waals surface area contributed by atoms with Crippen molar-refractivity contribution in [1.82, 2.24) is 4.98 Å². The van der Waals surface area contributed by atoms with E-state index >= 15 is 0 Å². The lowest BCUT2D eigenvalue weighted by Crippen LogP contribution is -2.05. The van der Waals surface area contributed by atoms with Crippen LogP contribution in [0.5, 0.6) is 0 Å². The molecule has 3 N–H and O–H groups in total. The minimum absolute atomic E-state index is 0.341. The zero-order valence-corrected chi connectivity index (χ0v) is 7.83. The summed E-state index contributed by atoms with van der Waals surface area (Å²) in [7, 11) is 0. The summed E-state index contributed by atoms with van der Waals surface area (Å²) in [6.07, 6.45) is 4.41. The van der Waals surface area contributed by atoms with Crippen LogP contribution in [-0.2, 0) is 4.79 Å². The summed E-state index contributed by atoms with van der Waals surface area (Å²) in [5, 5.41) is 0.763. The summed E-state index contributed by atoms with van der Waals surface area (Å²) in [5.41, 5.74) is 6.36. The number of aromatic nitrogens is 1. The van der Waals surface area contributed by atoms with E-state index in [-0.39, 0.29) is 5.82 Å². The van der Waals surface area contributed by atoms with Gasteiger partial charge in [0.05, 0.1) is 5.52 Å². The summed E-state index contributed by atoms with van der Waals surface area (Å²) >= 11 is 0. The summed E-state index contributed by atoms with van der Waals surface area (Å²) in [5.74, 6) is -0.898. The molecule has 3 nitrogen and oxygen atoms in total. The van der Waals surface area contributed by atoms with Gasteiger partial charge in [-0.15, -0.1) is 0 Å². The molecule has 76 valence electrons. The summed E-state index contributed by atoms with van der Waals surface area (Å²) in [6, 6.07) is 4.53. The molecule has 1 amide bonds. The van der Waals surface area contributed by atoms with Crippen LogP contribution in [0.2, 0.25) is 0 Å². The van der Waals surface area contributed by atoms with Crippen LogP contribution in [0.4, 0.5) is 4.39 Å². The molecule has 0 spiro atoms. The number of hydrogen-bond donors (Lipinski definition) is 2. The third kappa shape index (κ3) is 1.88. The smallest absolute Gasteiger partial charge is 0.241 e. The van der Waals surface area contributed by atoms with E-state index in [1.807, 2.05) is 0 Å². The molecule has 2 rings (SSSR count). The lowest BCUT2D eigenvalue weighted by molar-refractivity contribution is -0.113. The minimum Gasteiger partial charge on any atom is -0.366 e. The number of H-pyrrole nitrogens is 1. The molecule has 0 aliphatic carbocycles. The highest BCUT2D eigenvalue weighted by molar-refractivity contribution is 5.94. The van der Waals surface area contributed by atoms with Gasteiger partial charge < -0.3 is 10.7 Å². The zero-order chi connectivity index (χ0) is 10.8. The summed E-state index contributed by atoms with van der Waals surface area (Å²) < 4.78 is 13.1. The van der Waals surface area contributed by atoms with Crippen LogP contribution in [0.15, 0.2) is 30.5 Å². The van der Waals surface area contributed by atoms with Gasteiger partial charge in [-0.05, 0) is 24.3 Å². The summed E-state index contributed by atoms with van der Waals surface area (Å²) in [6.45, 7) is 0. The van der Waals surface area contributed by atoms with E-state index in [4.69, 9.17) is 5.73 Å². The number of rotatable bonds is 2. The van der Waals surface area contributed by atoms with Gasteiger partial charge in [0.1, 0.15) is 5.82 Å². The maximum Gasteiger partial charge on any atom is 0.241 e. The van der Waals surface area contributed by atoms with Crippen molar-refractivity contribution in [2.45, 2.75) is 0 Å². The Balaban J connectivity index is 2.58. The average molecular weight is 204 g/mol. The largest absolute Gasteiger partial charge is 0.366 e. The molecule has 4 heteroatoms. The van der Waals surface area contributed by atoms with E-state index in [2.05, 4.69) is 4.98 Å². The number of hydrogen-bond acceptors (Lipinski definition) is 1. The maximum atomic E-state index is 13.1. The highest BCUT2D eigenvalue weighted by Crippen LogP contribution is 2.20. The molecule has 1 heterocycles. The molecule has 1 aromatic heterocycles. The van der Waals surface area contributed by atoms with E-state index in [1.165, 1.54) is 24.3 Å². The Morgan fingerprint density at radius 2 is 2.27 bits per heavy atom. The van der Waals surface area contributed by atoms with Gasteiger partial charge in [0.25, 0.3) is 0 Å². The molecule has 2 aromatic rings. The fourth-order valence-electron chi connectivity index (χ4n) is 1.47. The lowest BCUT2D eigenvalue weighted by Gasteiger charge is -1.97. The molecule has 0 radical (unpaired) electrons. The second-order valence-electron chi connectivity index (χ2n) is 3.17. The highest BCUT2D eigenvalue weighted by atomic mass is 19.1. The molecule has 1 aromatic carbocycles. The number of nitrogens with one attached hydrogen (secondary N) is 1. The van der Waals surface area contributed by atoms with Crippen molar-refractivity contribution in [3.63, 3.8) is 0 Å². The van der Waals surface area contributed by atoms with Crippen LogP contribution in [0.1, 0.15) is 5.56 Å². The van der Waals surface area contributed by atoms with Crippen molar-refractivity contribution in [1.29, 1.82) is 0 Å². The number of carbonyl (C=O) groups is 1. The van der Waals surface area contributed by atoms with Crippen molar-refractivity contribution in [3.05, 3.63) is 41.9 Å². The van der Waals surface area contributed by atoms with Gasteiger partial charge in [0.2, 0.25) is 5.91 Å². The topological polar surface area (TPSA) is 58.9 Å². The zero-order valence-electron chi connectivity index (χ0n) is 7.83. The maximum absolute atomic E-state index is 13.1. The van der Waals surface area contributed by atoms with E-state index < -0.39 is 5.91 Å². The quantitative estimate of drug-likeness (QED) is 0.720. The number of benzene rings is 1. The molecule has 0 bridgehead atoms.